The molecule has 1 N–H and O–H groups in total. The van der Waals surface area contributed by atoms with Crippen molar-refractivity contribution in [2.24, 2.45) is 0 Å². The zero-order valence-corrected chi connectivity index (χ0v) is 21.0. The van der Waals surface area contributed by atoms with Gasteiger partial charge in [0.25, 0.3) is 0 Å². The number of aromatic nitrogens is 1. The Morgan fingerprint density at radius 1 is 1.11 bits per heavy atom. The lowest BCUT2D eigenvalue weighted by atomic mass is 10.1. The predicted molar refractivity (Wildman–Crippen MR) is 135 cm³/mol. The molecule has 1 aromatic heterocycles. The van der Waals surface area contributed by atoms with Crippen molar-refractivity contribution in [2.75, 3.05) is 26.0 Å². The van der Waals surface area contributed by atoms with E-state index in [2.05, 4.69) is 10.5 Å². The molecule has 0 fully saturated rings. The Morgan fingerprint density at radius 2 is 1.89 bits per heavy atom. The molecular weight excluding hydrogens is 446 g/mol. The number of anilines is 1. The van der Waals surface area contributed by atoms with Crippen LogP contribution in [0.4, 0.5) is 5.69 Å². The molecule has 0 saturated heterocycles. The SMILES string of the molecule is COc1cc(/C=C/C(=O)N(C)CC(=O)Nc2cccc(C)c2C)ccc1OCc1c(C)noc1C. The fraction of sp³-hybridized carbons (Fsp3) is 0.296. The van der Waals surface area contributed by atoms with Gasteiger partial charge in [0.15, 0.2) is 11.5 Å². The van der Waals surface area contributed by atoms with E-state index in [1.807, 2.05) is 52.0 Å². The Kier molecular flexibility index (Phi) is 8.30. The molecule has 0 atom stereocenters. The monoisotopic (exact) mass is 477 g/mol. The average molecular weight is 478 g/mol. The minimum absolute atomic E-state index is 0.0612. The molecule has 0 unspecified atom stereocenters. The maximum atomic E-state index is 12.5. The molecule has 0 aliphatic heterocycles. The predicted octanol–water partition coefficient (Wildman–Crippen LogP) is 4.61. The van der Waals surface area contributed by atoms with E-state index in [4.69, 9.17) is 14.0 Å². The van der Waals surface area contributed by atoms with Crippen molar-refractivity contribution in [1.29, 1.82) is 0 Å². The van der Waals surface area contributed by atoms with E-state index in [-0.39, 0.29) is 18.4 Å². The molecule has 3 rings (SSSR count). The molecular formula is C27H31N3O5. The molecule has 0 aliphatic rings. The van der Waals surface area contributed by atoms with Crippen molar-refractivity contribution in [3.63, 3.8) is 0 Å². The summed E-state index contributed by atoms with van der Waals surface area (Å²) in [6.45, 7) is 7.88. The highest BCUT2D eigenvalue weighted by Gasteiger charge is 2.14. The zero-order chi connectivity index (χ0) is 25.5. The van der Waals surface area contributed by atoms with Crippen LogP contribution in [0.3, 0.4) is 0 Å². The number of hydrogen-bond acceptors (Lipinski definition) is 6. The summed E-state index contributed by atoms with van der Waals surface area (Å²) in [7, 11) is 3.14. The fourth-order valence-corrected chi connectivity index (χ4v) is 3.43. The summed E-state index contributed by atoms with van der Waals surface area (Å²) in [4.78, 5) is 26.3. The largest absolute Gasteiger partial charge is 0.493 e. The van der Waals surface area contributed by atoms with Gasteiger partial charge in [-0.05, 0) is 68.7 Å². The third-order valence-electron chi connectivity index (χ3n) is 5.79. The maximum absolute atomic E-state index is 12.5. The molecule has 0 radical (unpaired) electrons. The first-order valence-corrected chi connectivity index (χ1v) is 11.2. The number of benzene rings is 2. The topological polar surface area (TPSA) is 93.9 Å². The van der Waals surface area contributed by atoms with E-state index in [1.54, 1.807) is 32.4 Å². The first kappa shape index (κ1) is 25.6. The van der Waals surface area contributed by atoms with Gasteiger partial charge in [0.2, 0.25) is 11.8 Å². The van der Waals surface area contributed by atoms with Crippen LogP contribution in [0.15, 0.2) is 47.0 Å². The van der Waals surface area contributed by atoms with Crippen molar-refractivity contribution in [3.05, 3.63) is 76.2 Å². The average Bonchev–Trinajstić information content (AvgIpc) is 3.16. The molecule has 1 heterocycles. The van der Waals surface area contributed by atoms with E-state index < -0.39 is 0 Å². The van der Waals surface area contributed by atoms with Crippen molar-refractivity contribution in [3.8, 4) is 11.5 Å². The number of carbonyl (C=O) groups is 2. The van der Waals surface area contributed by atoms with Crippen molar-refractivity contribution < 1.29 is 23.6 Å². The molecule has 3 aromatic rings. The van der Waals surface area contributed by atoms with Gasteiger partial charge in [-0.15, -0.1) is 0 Å². The highest BCUT2D eigenvalue weighted by atomic mass is 16.5. The van der Waals surface area contributed by atoms with Crippen LogP contribution in [0.2, 0.25) is 0 Å². The number of methoxy groups -OCH3 is 1. The smallest absolute Gasteiger partial charge is 0.246 e. The number of hydrogen-bond donors (Lipinski definition) is 1. The van der Waals surface area contributed by atoms with Gasteiger partial charge < -0.3 is 24.2 Å². The first-order chi connectivity index (χ1) is 16.7. The van der Waals surface area contributed by atoms with Crippen LogP contribution in [0, 0.1) is 27.7 Å². The van der Waals surface area contributed by atoms with Gasteiger partial charge in [0, 0.05) is 18.8 Å². The number of carbonyl (C=O) groups excluding carboxylic acids is 2. The van der Waals surface area contributed by atoms with Crippen LogP contribution in [0.5, 0.6) is 11.5 Å². The standard InChI is InChI=1S/C27H31N3O5/c1-17-8-7-9-23(18(17)2)28-26(31)15-30(5)27(32)13-11-21-10-12-24(25(14-21)33-6)34-16-22-19(3)29-35-20(22)4/h7-14H,15-16H2,1-6H3,(H,28,31)/b13-11+. The minimum atomic E-state index is -0.293. The molecule has 8 nitrogen and oxygen atoms in total. The van der Waals surface area contributed by atoms with E-state index >= 15 is 0 Å². The van der Waals surface area contributed by atoms with E-state index in [1.165, 1.54) is 11.0 Å². The lowest BCUT2D eigenvalue weighted by molar-refractivity contribution is -0.129. The van der Waals surface area contributed by atoms with E-state index in [0.717, 1.165) is 33.6 Å². The minimum Gasteiger partial charge on any atom is -0.493 e. The molecule has 0 spiro atoms. The molecule has 0 bridgehead atoms. The van der Waals surface area contributed by atoms with Gasteiger partial charge in [-0.1, -0.05) is 23.4 Å². The quantitative estimate of drug-likeness (QED) is 0.453. The summed E-state index contributed by atoms with van der Waals surface area (Å²) >= 11 is 0. The van der Waals surface area contributed by atoms with E-state index in [0.29, 0.717) is 23.9 Å². The van der Waals surface area contributed by atoms with Crippen LogP contribution in [-0.4, -0.2) is 42.6 Å². The first-order valence-electron chi connectivity index (χ1n) is 11.2. The van der Waals surface area contributed by atoms with Gasteiger partial charge in [0.1, 0.15) is 12.4 Å². The third kappa shape index (κ3) is 6.50. The number of nitrogens with zero attached hydrogens (tertiary/aromatic N) is 2. The number of nitrogens with one attached hydrogen (secondary N) is 1. The maximum Gasteiger partial charge on any atom is 0.246 e. The number of likely N-dealkylation sites (N-methyl/N-ethyl adjacent to an activating group) is 1. The van der Waals surface area contributed by atoms with Crippen molar-refractivity contribution in [1.82, 2.24) is 10.1 Å². The summed E-state index contributed by atoms with van der Waals surface area (Å²) in [6.07, 6.45) is 3.09. The highest BCUT2D eigenvalue weighted by Crippen LogP contribution is 2.30. The molecule has 2 amide bonds. The summed E-state index contributed by atoms with van der Waals surface area (Å²) in [5, 5.41) is 6.79. The van der Waals surface area contributed by atoms with Crippen molar-refractivity contribution in [2.45, 2.75) is 34.3 Å². The zero-order valence-electron chi connectivity index (χ0n) is 21.0. The summed E-state index contributed by atoms with van der Waals surface area (Å²) < 4.78 is 16.5. The molecule has 35 heavy (non-hydrogen) atoms. The van der Waals surface area contributed by atoms with Gasteiger partial charge in [-0.3, -0.25) is 9.59 Å². The Bertz CT molecular complexity index is 1230. The number of rotatable bonds is 9. The van der Waals surface area contributed by atoms with Gasteiger partial charge in [-0.2, -0.15) is 0 Å². The summed E-state index contributed by atoms with van der Waals surface area (Å²) in [6, 6.07) is 11.1. The van der Waals surface area contributed by atoms with Crippen LogP contribution in [0.1, 0.15) is 33.7 Å². The summed E-state index contributed by atoms with van der Waals surface area (Å²) in [5.41, 5.74) is 5.27. The Labute approximate surface area is 205 Å². The number of amides is 2. The van der Waals surface area contributed by atoms with E-state index in [9.17, 15) is 9.59 Å². The molecule has 0 saturated carbocycles. The second-order valence-corrected chi connectivity index (χ2v) is 8.32. The number of ether oxygens (including phenoxy) is 2. The van der Waals surface area contributed by atoms with Crippen LogP contribution >= 0.6 is 0 Å². The lowest BCUT2D eigenvalue weighted by Gasteiger charge is -2.16. The number of aryl methyl sites for hydroxylation is 3. The van der Waals surface area contributed by atoms with Crippen LogP contribution < -0.4 is 14.8 Å². The lowest BCUT2D eigenvalue weighted by Crippen LogP contribution is -2.34. The molecule has 0 aliphatic carbocycles. The molecule has 2 aromatic carbocycles. The van der Waals surface area contributed by atoms with Gasteiger partial charge in [0.05, 0.1) is 24.9 Å². The summed E-state index contributed by atoms with van der Waals surface area (Å²) in [5.74, 6) is 1.26. The Balaban J connectivity index is 1.59. The van der Waals surface area contributed by atoms with Crippen LogP contribution in [0.25, 0.3) is 6.08 Å². The Morgan fingerprint density at radius 3 is 2.57 bits per heavy atom. The second kappa shape index (κ2) is 11.4. The molecule has 184 valence electrons. The van der Waals surface area contributed by atoms with Crippen LogP contribution in [-0.2, 0) is 16.2 Å². The Hall–Kier alpha value is -4.07. The molecule has 8 heteroatoms. The third-order valence-corrected chi connectivity index (χ3v) is 5.79. The fourth-order valence-electron chi connectivity index (χ4n) is 3.43. The highest BCUT2D eigenvalue weighted by molar-refractivity contribution is 5.98. The van der Waals surface area contributed by atoms with Gasteiger partial charge >= 0.3 is 0 Å². The second-order valence-electron chi connectivity index (χ2n) is 8.32. The van der Waals surface area contributed by atoms with Crippen molar-refractivity contribution >= 4 is 23.6 Å². The normalized spacial score (nSPS) is 10.9. The van der Waals surface area contributed by atoms with Gasteiger partial charge in [-0.25, -0.2) is 0 Å².